The molecule has 2 aliphatic rings. The Kier molecular flexibility index (Phi) is 8.46. The lowest BCUT2D eigenvalue weighted by Gasteiger charge is -2.32. The number of aryl methyl sites for hydroxylation is 2. The number of hydrogen-bond acceptors (Lipinski definition) is 5. The fourth-order valence-electron chi connectivity index (χ4n) is 5.30. The Morgan fingerprint density at radius 3 is 2.36 bits per heavy atom. The number of nitrogens with one attached hydrogen (secondary N) is 1. The summed E-state index contributed by atoms with van der Waals surface area (Å²) in [7, 11) is 0. The Morgan fingerprint density at radius 1 is 1.00 bits per heavy atom. The van der Waals surface area contributed by atoms with Gasteiger partial charge in [0, 0.05) is 38.2 Å². The summed E-state index contributed by atoms with van der Waals surface area (Å²) in [6, 6.07) is 14.7. The van der Waals surface area contributed by atoms with Gasteiger partial charge in [0.05, 0.1) is 29.8 Å². The summed E-state index contributed by atoms with van der Waals surface area (Å²) in [6.45, 7) is 3.67. The maximum absolute atomic E-state index is 13.4. The van der Waals surface area contributed by atoms with E-state index < -0.39 is 12.1 Å². The summed E-state index contributed by atoms with van der Waals surface area (Å²) in [5, 5.41) is 10.2. The first-order chi connectivity index (χ1) is 20.1. The minimum absolute atomic E-state index is 0.00404. The van der Waals surface area contributed by atoms with E-state index in [2.05, 4.69) is 36.6 Å². The number of aromatic nitrogens is 4. The number of anilines is 1. The second-order valence-corrected chi connectivity index (χ2v) is 10.3. The number of aliphatic carboxylic acids is 1. The van der Waals surface area contributed by atoms with Crippen LogP contribution in [-0.4, -0.2) is 55.4 Å². The van der Waals surface area contributed by atoms with Crippen LogP contribution in [0, 0.1) is 11.7 Å². The largest absolute Gasteiger partial charge is 0.490 e. The number of nitrogens with zero attached hydrogens (tertiary/aromatic N) is 5. The minimum atomic E-state index is -5.08. The predicted molar refractivity (Wildman–Crippen MR) is 146 cm³/mol. The fourth-order valence-corrected chi connectivity index (χ4v) is 5.30. The first kappa shape index (κ1) is 29.1. The van der Waals surface area contributed by atoms with Crippen molar-refractivity contribution in [3.05, 3.63) is 77.6 Å². The van der Waals surface area contributed by atoms with E-state index in [1.807, 2.05) is 30.3 Å². The fraction of sp³-hybridized carbons (Fsp3) is 0.379. The van der Waals surface area contributed by atoms with E-state index in [-0.39, 0.29) is 17.6 Å². The maximum Gasteiger partial charge on any atom is 0.490 e. The topological polar surface area (TPSA) is 105 Å². The number of fused-ring (bicyclic) bond motifs is 2. The van der Waals surface area contributed by atoms with E-state index in [9.17, 15) is 22.4 Å². The number of carbonyl (C=O) groups excluding carboxylic acids is 1. The van der Waals surface area contributed by atoms with E-state index in [0.29, 0.717) is 13.1 Å². The van der Waals surface area contributed by atoms with Crippen LogP contribution in [0.15, 0.2) is 54.7 Å². The molecule has 0 unspecified atom stereocenters. The van der Waals surface area contributed by atoms with Crippen molar-refractivity contribution in [1.82, 2.24) is 24.4 Å². The average Bonchev–Trinajstić information content (AvgIpc) is 3.67. The highest BCUT2D eigenvalue weighted by Crippen LogP contribution is 2.28. The molecule has 1 amide bonds. The van der Waals surface area contributed by atoms with Crippen LogP contribution >= 0.6 is 0 Å². The molecule has 0 atom stereocenters. The van der Waals surface area contributed by atoms with Gasteiger partial charge in [-0.2, -0.15) is 13.2 Å². The maximum atomic E-state index is 13.4. The summed E-state index contributed by atoms with van der Waals surface area (Å²) in [4.78, 5) is 33.6. The molecule has 0 spiro atoms. The van der Waals surface area contributed by atoms with E-state index in [0.717, 1.165) is 79.4 Å². The molecular weight excluding hydrogens is 556 g/mol. The Balaban J connectivity index is 0.000000451. The SMILES string of the molecule is O=C(NCc1cn2c(n1)CCC2)C1CCN(c2nc3ccccc3n2Cc2ccc(F)cc2)CC1.O=C(O)C(F)(F)F. The molecule has 42 heavy (non-hydrogen) atoms. The molecular formula is C29H30F4N6O3. The van der Waals surface area contributed by atoms with Gasteiger partial charge < -0.3 is 24.5 Å². The van der Waals surface area contributed by atoms with E-state index >= 15 is 0 Å². The molecule has 2 aromatic carbocycles. The van der Waals surface area contributed by atoms with Crippen LogP contribution in [0.1, 0.15) is 36.3 Å². The van der Waals surface area contributed by atoms with Crippen LogP contribution in [-0.2, 0) is 35.6 Å². The third kappa shape index (κ3) is 6.72. The first-order valence-electron chi connectivity index (χ1n) is 13.7. The number of carboxylic acids is 1. The Bertz CT molecular complexity index is 1530. The van der Waals surface area contributed by atoms with Gasteiger partial charge in [0.1, 0.15) is 11.6 Å². The number of rotatable bonds is 6. The molecule has 0 radical (unpaired) electrons. The molecule has 222 valence electrons. The van der Waals surface area contributed by atoms with Crippen molar-refractivity contribution in [3.8, 4) is 0 Å². The summed E-state index contributed by atoms with van der Waals surface area (Å²) in [6.07, 6.45) is 0.733. The number of carboxylic acid groups (broad SMARTS) is 1. The zero-order valence-electron chi connectivity index (χ0n) is 22.6. The second-order valence-electron chi connectivity index (χ2n) is 10.3. The summed E-state index contributed by atoms with van der Waals surface area (Å²) >= 11 is 0. The summed E-state index contributed by atoms with van der Waals surface area (Å²) in [5.74, 6) is -0.851. The quantitative estimate of drug-likeness (QED) is 0.322. The number of para-hydroxylation sites is 2. The third-order valence-electron chi connectivity index (χ3n) is 7.43. The van der Waals surface area contributed by atoms with Crippen LogP contribution in [0.25, 0.3) is 11.0 Å². The first-order valence-corrected chi connectivity index (χ1v) is 13.7. The van der Waals surface area contributed by atoms with Crippen molar-refractivity contribution in [2.75, 3.05) is 18.0 Å². The molecule has 2 N–H and O–H groups in total. The molecule has 2 aromatic heterocycles. The number of carbonyl (C=O) groups is 2. The van der Waals surface area contributed by atoms with Gasteiger partial charge in [-0.05, 0) is 49.1 Å². The van der Waals surface area contributed by atoms with Crippen LogP contribution in [0.5, 0.6) is 0 Å². The van der Waals surface area contributed by atoms with Crippen LogP contribution in [0.3, 0.4) is 0 Å². The predicted octanol–water partition coefficient (Wildman–Crippen LogP) is 4.53. The lowest BCUT2D eigenvalue weighted by molar-refractivity contribution is -0.192. The van der Waals surface area contributed by atoms with E-state index in [1.54, 1.807) is 0 Å². The molecule has 1 saturated heterocycles. The standard InChI is InChI=1S/C27H29FN6O.C2HF3O2/c28-21-9-7-19(8-10-21)17-34-24-5-2-1-4-23(24)31-27(34)32-14-11-20(12-15-32)26(35)29-16-22-18-33-13-3-6-25(33)30-22;3-2(4,5)1(6)7/h1-2,4-5,7-10,18,20H,3,6,11-17H2,(H,29,35);(H,6,7). The van der Waals surface area contributed by atoms with E-state index in [1.165, 1.54) is 12.1 Å². The lowest BCUT2D eigenvalue weighted by Crippen LogP contribution is -2.41. The highest BCUT2D eigenvalue weighted by atomic mass is 19.4. The number of alkyl halides is 3. The number of piperidine rings is 1. The van der Waals surface area contributed by atoms with Crippen LogP contribution in [0.2, 0.25) is 0 Å². The van der Waals surface area contributed by atoms with Gasteiger partial charge in [-0.1, -0.05) is 24.3 Å². The van der Waals surface area contributed by atoms with Gasteiger partial charge in [-0.15, -0.1) is 0 Å². The highest BCUT2D eigenvalue weighted by Gasteiger charge is 2.38. The molecule has 9 nitrogen and oxygen atoms in total. The average molecular weight is 587 g/mol. The zero-order chi connectivity index (χ0) is 29.9. The van der Waals surface area contributed by atoms with Crippen molar-refractivity contribution in [1.29, 1.82) is 0 Å². The summed E-state index contributed by atoms with van der Waals surface area (Å²) in [5.41, 5.74) is 3.96. The number of benzene rings is 2. The van der Waals surface area contributed by atoms with E-state index in [4.69, 9.17) is 14.9 Å². The van der Waals surface area contributed by atoms with Gasteiger partial charge in [0.25, 0.3) is 0 Å². The van der Waals surface area contributed by atoms with Crippen molar-refractivity contribution in [3.63, 3.8) is 0 Å². The minimum Gasteiger partial charge on any atom is -0.475 e. The smallest absolute Gasteiger partial charge is 0.475 e. The zero-order valence-corrected chi connectivity index (χ0v) is 22.6. The molecule has 4 aromatic rings. The molecule has 4 heterocycles. The molecule has 0 aliphatic carbocycles. The molecule has 1 fully saturated rings. The van der Waals surface area contributed by atoms with Gasteiger partial charge in [-0.25, -0.2) is 19.2 Å². The normalized spacial score (nSPS) is 15.3. The highest BCUT2D eigenvalue weighted by molar-refractivity contribution is 5.80. The summed E-state index contributed by atoms with van der Waals surface area (Å²) < 4.78 is 49.5. The van der Waals surface area contributed by atoms with Gasteiger partial charge >= 0.3 is 12.1 Å². The molecule has 2 aliphatic heterocycles. The second kappa shape index (κ2) is 12.2. The Labute approximate surface area is 238 Å². The monoisotopic (exact) mass is 586 g/mol. The Morgan fingerprint density at radius 2 is 1.69 bits per heavy atom. The van der Waals surface area contributed by atoms with Gasteiger partial charge in [0.15, 0.2) is 0 Å². The number of imidazole rings is 2. The molecule has 0 bridgehead atoms. The molecule has 0 saturated carbocycles. The van der Waals surface area contributed by atoms with Crippen molar-refractivity contribution in [2.24, 2.45) is 5.92 Å². The van der Waals surface area contributed by atoms with Gasteiger partial charge in [0.2, 0.25) is 11.9 Å². The molecule has 13 heteroatoms. The van der Waals surface area contributed by atoms with Gasteiger partial charge in [-0.3, -0.25) is 4.79 Å². The Hall–Kier alpha value is -4.42. The number of halogens is 4. The number of hydrogen-bond donors (Lipinski definition) is 2. The molecule has 6 rings (SSSR count). The number of amides is 1. The van der Waals surface area contributed by atoms with Crippen molar-refractivity contribution in [2.45, 2.75) is 51.5 Å². The third-order valence-corrected chi connectivity index (χ3v) is 7.43. The van der Waals surface area contributed by atoms with Crippen molar-refractivity contribution < 1.29 is 32.3 Å². The van der Waals surface area contributed by atoms with Crippen LogP contribution < -0.4 is 10.2 Å². The lowest BCUT2D eigenvalue weighted by atomic mass is 9.96. The van der Waals surface area contributed by atoms with Crippen molar-refractivity contribution >= 4 is 28.9 Å². The van der Waals surface area contributed by atoms with Crippen LogP contribution in [0.4, 0.5) is 23.5 Å².